The molecule has 5 nitrogen and oxygen atoms in total. The van der Waals surface area contributed by atoms with Gasteiger partial charge in [0.1, 0.15) is 5.82 Å². The minimum atomic E-state index is -0.415. The molecule has 0 saturated heterocycles. The van der Waals surface area contributed by atoms with Crippen molar-refractivity contribution in [3.05, 3.63) is 35.6 Å². The van der Waals surface area contributed by atoms with Gasteiger partial charge in [0.25, 0.3) is 0 Å². The molecule has 1 aromatic rings. The number of amides is 2. The number of hydrogen-bond donors (Lipinski definition) is 3. The lowest BCUT2D eigenvalue weighted by Crippen LogP contribution is -2.50. The van der Waals surface area contributed by atoms with Crippen LogP contribution in [0.4, 0.5) is 4.39 Å². The van der Waals surface area contributed by atoms with Gasteiger partial charge < -0.3 is 16.4 Å². The molecule has 0 atom stereocenters. The topological polar surface area (TPSA) is 84.2 Å². The van der Waals surface area contributed by atoms with Crippen molar-refractivity contribution < 1.29 is 14.0 Å². The summed E-state index contributed by atoms with van der Waals surface area (Å²) in [5.74, 6) is -1.00. The molecule has 22 heavy (non-hydrogen) atoms. The van der Waals surface area contributed by atoms with Gasteiger partial charge in [-0.3, -0.25) is 9.59 Å². The van der Waals surface area contributed by atoms with Gasteiger partial charge in [-0.2, -0.15) is 0 Å². The fourth-order valence-corrected chi connectivity index (χ4v) is 1.91. The number of hydrogen-bond acceptors (Lipinski definition) is 3. The molecule has 0 aliphatic carbocycles. The van der Waals surface area contributed by atoms with Crippen LogP contribution >= 0.6 is 0 Å². The van der Waals surface area contributed by atoms with E-state index >= 15 is 0 Å². The molecule has 0 heterocycles. The van der Waals surface area contributed by atoms with Gasteiger partial charge in [-0.1, -0.05) is 26.0 Å². The summed E-state index contributed by atoms with van der Waals surface area (Å²) in [6, 6.07) is 5.81. The molecule has 0 saturated carbocycles. The largest absolute Gasteiger partial charge is 0.353 e. The van der Waals surface area contributed by atoms with Crippen LogP contribution in [-0.4, -0.2) is 30.4 Å². The predicted molar refractivity (Wildman–Crippen MR) is 83.6 cm³/mol. The Balaban J connectivity index is 2.33. The minimum absolute atomic E-state index is 0.0375. The average Bonchev–Trinajstić information content (AvgIpc) is 2.50. The molecule has 0 fully saturated rings. The molecule has 0 unspecified atom stereocenters. The van der Waals surface area contributed by atoms with Gasteiger partial charge in [-0.15, -0.1) is 0 Å². The van der Waals surface area contributed by atoms with E-state index in [4.69, 9.17) is 5.73 Å². The lowest BCUT2D eigenvalue weighted by atomic mass is 9.94. The van der Waals surface area contributed by atoms with Crippen molar-refractivity contribution in [3.63, 3.8) is 0 Å². The highest BCUT2D eigenvalue weighted by Crippen LogP contribution is 2.09. The van der Waals surface area contributed by atoms with Crippen LogP contribution in [0, 0.1) is 5.82 Å². The molecule has 122 valence electrons. The van der Waals surface area contributed by atoms with Crippen LogP contribution in [0.3, 0.4) is 0 Å². The Morgan fingerprint density at radius 1 is 1.18 bits per heavy atom. The Kier molecular flexibility index (Phi) is 6.98. The lowest BCUT2D eigenvalue weighted by molar-refractivity contribution is -0.125. The van der Waals surface area contributed by atoms with Gasteiger partial charge in [-0.05, 0) is 30.5 Å². The Morgan fingerprint density at radius 2 is 1.86 bits per heavy atom. The summed E-state index contributed by atoms with van der Waals surface area (Å²) in [5, 5.41) is 5.22. The Bertz CT molecular complexity index is 516. The molecule has 1 aromatic carbocycles. The third-order valence-corrected chi connectivity index (χ3v) is 3.75. The van der Waals surface area contributed by atoms with Crippen molar-refractivity contribution in [1.29, 1.82) is 0 Å². The Hall–Kier alpha value is -1.95. The number of nitrogens with two attached hydrogens (primary N) is 1. The summed E-state index contributed by atoms with van der Waals surface area (Å²) in [6.07, 6.45) is 1.56. The first-order valence-electron chi connectivity index (χ1n) is 7.45. The molecular weight excluding hydrogens is 285 g/mol. The van der Waals surface area contributed by atoms with Gasteiger partial charge in [0, 0.05) is 12.1 Å². The SMILES string of the molecule is CCC(N)(CC)CNC(=O)CNC(=O)Cc1cccc(F)c1. The second-order valence-corrected chi connectivity index (χ2v) is 5.43. The maximum absolute atomic E-state index is 13.0. The number of benzene rings is 1. The van der Waals surface area contributed by atoms with Crippen molar-refractivity contribution in [2.45, 2.75) is 38.6 Å². The molecule has 0 bridgehead atoms. The summed E-state index contributed by atoms with van der Waals surface area (Å²) in [7, 11) is 0. The second kappa shape index (κ2) is 8.48. The van der Waals surface area contributed by atoms with Gasteiger partial charge in [-0.25, -0.2) is 4.39 Å². The van der Waals surface area contributed by atoms with E-state index in [2.05, 4.69) is 10.6 Å². The van der Waals surface area contributed by atoms with E-state index in [0.29, 0.717) is 12.1 Å². The van der Waals surface area contributed by atoms with Crippen molar-refractivity contribution in [2.75, 3.05) is 13.1 Å². The van der Waals surface area contributed by atoms with Crippen LogP contribution in [0.5, 0.6) is 0 Å². The number of rotatable bonds is 8. The van der Waals surface area contributed by atoms with Crippen LogP contribution in [0.25, 0.3) is 0 Å². The molecule has 0 spiro atoms. The molecule has 2 amide bonds. The molecule has 6 heteroatoms. The fraction of sp³-hybridized carbons (Fsp3) is 0.500. The maximum Gasteiger partial charge on any atom is 0.239 e. The van der Waals surface area contributed by atoms with Gasteiger partial charge in [0.05, 0.1) is 13.0 Å². The predicted octanol–water partition coefficient (Wildman–Crippen LogP) is 1.12. The summed E-state index contributed by atoms with van der Waals surface area (Å²) in [5.41, 5.74) is 6.23. The highest BCUT2D eigenvalue weighted by molar-refractivity contribution is 5.85. The first-order chi connectivity index (χ1) is 10.4. The summed E-state index contributed by atoms with van der Waals surface area (Å²) in [4.78, 5) is 23.4. The fourth-order valence-electron chi connectivity index (χ4n) is 1.91. The minimum Gasteiger partial charge on any atom is -0.353 e. The summed E-state index contributed by atoms with van der Waals surface area (Å²) < 4.78 is 13.0. The zero-order valence-electron chi connectivity index (χ0n) is 13.1. The zero-order chi connectivity index (χ0) is 16.6. The van der Waals surface area contributed by atoms with Crippen LogP contribution in [0.1, 0.15) is 32.3 Å². The van der Waals surface area contributed by atoms with E-state index in [1.54, 1.807) is 12.1 Å². The number of halogens is 1. The highest BCUT2D eigenvalue weighted by atomic mass is 19.1. The maximum atomic E-state index is 13.0. The second-order valence-electron chi connectivity index (χ2n) is 5.43. The first kappa shape index (κ1) is 18.1. The molecule has 1 rings (SSSR count). The molecule has 0 aliphatic rings. The van der Waals surface area contributed by atoms with Crippen molar-refractivity contribution in [3.8, 4) is 0 Å². The normalized spacial score (nSPS) is 11.1. The average molecular weight is 309 g/mol. The van der Waals surface area contributed by atoms with Crippen LogP contribution in [0.15, 0.2) is 24.3 Å². The van der Waals surface area contributed by atoms with Crippen molar-refractivity contribution >= 4 is 11.8 Å². The Morgan fingerprint density at radius 3 is 2.45 bits per heavy atom. The molecule has 0 aliphatic heterocycles. The highest BCUT2D eigenvalue weighted by Gasteiger charge is 2.20. The van der Waals surface area contributed by atoms with Gasteiger partial charge in [0.2, 0.25) is 11.8 Å². The number of nitrogens with one attached hydrogen (secondary N) is 2. The Labute approximate surface area is 130 Å². The third kappa shape index (κ3) is 6.22. The van der Waals surface area contributed by atoms with E-state index in [9.17, 15) is 14.0 Å². The zero-order valence-corrected chi connectivity index (χ0v) is 13.1. The first-order valence-corrected chi connectivity index (χ1v) is 7.45. The monoisotopic (exact) mass is 309 g/mol. The van der Waals surface area contributed by atoms with Crippen LogP contribution < -0.4 is 16.4 Å². The smallest absolute Gasteiger partial charge is 0.239 e. The number of carbonyl (C=O) groups excluding carboxylic acids is 2. The van der Waals surface area contributed by atoms with E-state index in [0.717, 1.165) is 12.8 Å². The molecular formula is C16H24FN3O2. The number of carbonyl (C=O) groups is 2. The van der Waals surface area contributed by atoms with E-state index in [1.807, 2.05) is 13.8 Å². The van der Waals surface area contributed by atoms with Gasteiger partial charge >= 0.3 is 0 Å². The summed E-state index contributed by atoms with van der Waals surface area (Å²) in [6.45, 7) is 4.20. The van der Waals surface area contributed by atoms with Crippen molar-refractivity contribution in [1.82, 2.24) is 10.6 Å². The third-order valence-electron chi connectivity index (χ3n) is 3.75. The molecule has 4 N–H and O–H groups in total. The van der Waals surface area contributed by atoms with Gasteiger partial charge in [0.15, 0.2) is 0 Å². The standard InChI is InChI=1S/C16H24FN3O2/c1-3-16(18,4-2)11-20-15(22)10-19-14(21)9-12-6-5-7-13(17)8-12/h5-8H,3-4,9-11,18H2,1-2H3,(H,19,21)(H,20,22). The van der Waals surface area contributed by atoms with E-state index in [1.165, 1.54) is 12.1 Å². The quantitative estimate of drug-likeness (QED) is 0.673. The van der Waals surface area contributed by atoms with Crippen LogP contribution in [-0.2, 0) is 16.0 Å². The van der Waals surface area contributed by atoms with Crippen LogP contribution in [0.2, 0.25) is 0 Å². The lowest BCUT2D eigenvalue weighted by Gasteiger charge is -2.26. The van der Waals surface area contributed by atoms with E-state index in [-0.39, 0.29) is 30.6 Å². The molecule has 0 aromatic heterocycles. The summed E-state index contributed by atoms with van der Waals surface area (Å²) >= 11 is 0. The molecule has 0 radical (unpaired) electrons. The van der Waals surface area contributed by atoms with Crippen molar-refractivity contribution in [2.24, 2.45) is 5.73 Å². The van der Waals surface area contributed by atoms with E-state index < -0.39 is 5.54 Å².